The average molecular weight is 435 g/mol. The van der Waals surface area contributed by atoms with Crippen LogP contribution in [-0.4, -0.2) is 47.4 Å². The molecule has 2 aromatic rings. The highest BCUT2D eigenvalue weighted by molar-refractivity contribution is 6.16. The van der Waals surface area contributed by atoms with Gasteiger partial charge in [-0.1, -0.05) is 27.2 Å². The Balaban J connectivity index is 1.68. The first-order valence-electron chi connectivity index (χ1n) is 11.0. The lowest BCUT2D eigenvalue weighted by Gasteiger charge is -2.24. The third-order valence-electron chi connectivity index (χ3n) is 5.88. The van der Waals surface area contributed by atoms with Crippen LogP contribution in [0.3, 0.4) is 0 Å². The van der Waals surface area contributed by atoms with Crippen LogP contribution in [0.2, 0.25) is 0 Å². The van der Waals surface area contributed by atoms with Crippen molar-refractivity contribution < 1.29 is 9.59 Å². The van der Waals surface area contributed by atoms with Crippen molar-refractivity contribution in [2.45, 2.75) is 51.9 Å². The van der Waals surface area contributed by atoms with Gasteiger partial charge in [0.2, 0.25) is 0 Å². The number of hydrogen-bond donors (Lipinski definition) is 1. The fourth-order valence-electron chi connectivity index (χ4n) is 3.91. The molecule has 8 heteroatoms. The molecule has 0 radical (unpaired) electrons. The smallest absolute Gasteiger partial charge is 0.257 e. The van der Waals surface area contributed by atoms with Crippen LogP contribution in [0.4, 0.5) is 11.5 Å². The largest absolute Gasteiger partial charge is 0.378 e. The number of aliphatic imine (C=N–C) groups is 2. The zero-order valence-electron chi connectivity index (χ0n) is 19.3. The summed E-state index contributed by atoms with van der Waals surface area (Å²) in [6, 6.07) is 9.18. The number of rotatable bonds is 3. The van der Waals surface area contributed by atoms with Gasteiger partial charge in [-0.05, 0) is 43.5 Å². The molecule has 32 heavy (non-hydrogen) atoms. The van der Waals surface area contributed by atoms with Gasteiger partial charge in [-0.15, -0.1) is 0 Å². The second-order valence-corrected chi connectivity index (χ2v) is 9.62. The summed E-state index contributed by atoms with van der Waals surface area (Å²) in [7, 11) is 3.90. The zero-order chi connectivity index (χ0) is 23.0. The van der Waals surface area contributed by atoms with Crippen LogP contribution in [0.25, 0.3) is 0 Å². The lowest BCUT2D eigenvalue weighted by atomic mass is 9.86. The summed E-state index contributed by atoms with van der Waals surface area (Å²) < 4.78 is 1.49. The van der Waals surface area contributed by atoms with Gasteiger partial charge in [-0.2, -0.15) is 14.8 Å². The molecule has 1 aromatic carbocycles. The van der Waals surface area contributed by atoms with Crippen LogP contribution >= 0.6 is 0 Å². The highest BCUT2D eigenvalue weighted by atomic mass is 16.2. The van der Waals surface area contributed by atoms with Crippen LogP contribution in [0.5, 0.6) is 0 Å². The third-order valence-corrected chi connectivity index (χ3v) is 5.88. The number of fused-ring (bicyclic) bond motifs is 1. The average Bonchev–Trinajstić information content (AvgIpc) is 3.18. The van der Waals surface area contributed by atoms with Gasteiger partial charge in [-0.25, -0.2) is 4.99 Å². The zero-order valence-corrected chi connectivity index (χ0v) is 19.3. The Labute approximate surface area is 188 Å². The van der Waals surface area contributed by atoms with E-state index in [0.717, 1.165) is 42.8 Å². The summed E-state index contributed by atoms with van der Waals surface area (Å²) in [5.41, 5.74) is 2.93. The van der Waals surface area contributed by atoms with E-state index in [-0.39, 0.29) is 29.1 Å². The van der Waals surface area contributed by atoms with E-state index >= 15 is 0 Å². The number of anilines is 2. The lowest BCUT2D eigenvalue weighted by Crippen LogP contribution is -2.34. The van der Waals surface area contributed by atoms with Crippen LogP contribution in [0.15, 0.2) is 40.3 Å². The Hall–Kier alpha value is -3.29. The maximum Gasteiger partial charge on any atom is 0.257 e. The van der Waals surface area contributed by atoms with Gasteiger partial charge >= 0.3 is 0 Å². The van der Waals surface area contributed by atoms with E-state index < -0.39 is 0 Å². The van der Waals surface area contributed by atoms with Crippen LogP contribution in [0, 0.1) is 5.92 Å². The van der Waals surface area contributed by atoms with Crippen molar-refractivity contribution in [3.05, 3.63) is 41.6 Å². The quantitative estimate of drug-likeness (QED) is 0.794. The SMILES string of the molecule is CN(C)c1ccc(C(=O)Nc2cc(C(C)(C)C)nn2C2=NC(=O)C3CCCCC3=N2)cc1. The Morgan fingerprint density at radius 2 is 1.84 bits per heavy atom. The van der Waals surface area contributed by atoms with Crippen molar-refractivity contribution in [3.63, 3.8) is 0 Å². The minimum Gasteiger partial charge on any atom is -0.378 e. The molecule has 1 N–H and O–H groups in total. The summed E-state index contributed by atoms with van der Waals surface area (Å²) in [6.45, 7) is 6.13. The second-order valence-electron chi connectivity index (χ2n) is 9.62. The standard InChI is InChI=1S/C24H30N6O2/c1-24(2,3)19-14-20(26-21(31)15-10-12-16(13-11-15)29(4)5)30(28-19)23-25-18-9-7-6-8-17(18)22(32)27-23/h10-14,17H,6-9H2,1-5H3,(H,26,31). The summed E-state index contributed by atoms with van der Waals surface area (Å²) in [4.78, 5) is 36.5. The molecule has 0 spiro atoms. The van der Waals surface area contributed by atoms with Gasteiger partial charge < -0.3 is 10.2 Å². The molecule has 0 saturated heterocycles. The number of amides is 2. The van der Waals surface area contributed by atoms with E-state index in [9.17, 15) is 9.59 Å². The monoisotopic (exact) mass is 434 g/mol. The first-order chi connectivity index (χ1) is 15.1. The third kappa shape index (κ3) is 4.35. The molecule has 1 atom stereocenters. The van der Waals surface area contributed by atoms with Crippen molar-refractivity contribution in [2.24, 2.45) is 15.9 Å². The topological polar surface area (TPSA) is 92.0 Å². The number of carbonyl (C=O) groups excluding carboxylic acids is 2. The number of nitrogens with zero attached hydrogens (tertiary/aromatic N) is 5. The molecule has 1 fully saturated rings. The number of nitrogens with one attached hydrogen (secondary N) is 1. The van der Waals surface area contributed by atoms with Gasteiger partial charge in [0.05, 0.1) is 11.6 Å². The maximum absolute atomic E-state index is 13.0. The van der Waals surface area contributed by atoms with E-state index in [2.05, 4.69) is 20.4 Å². The Bertz CT molecular complexity index is 1100. The van der Waals surface area contributed by atoms with E-state index in [1.807, 2.05) is 58.0 Å². The van der Waals surface area contributed by atoms with Crippen LogP contribution < -0.4 is 10.2 Å². The normalized spacial score (nSPS) is 18.5. The fourth-order valence-corrected chi connectivity index (χ4v) is 3.91. The Morgan fingerprint density at radius 3 is 2.50 bits per heavy atom. The highest BCUT2D eigenvalue weighted by Gasteiger charge is 2.32. The van der Waals surface area contributed by atoms with Gasteiger partial charge in [0.1, 0.15) is 5.82 Å². The molecule has 1 aromatic heterocycles. The van der Waals surface area contributed by atoms with Gasteiger partial charge in [0.25, 0.3) is 17.8 Å². The molecule has 4 rings (SSSR count). The number of aromatic nitrogens is 2. The predicted octanol–water partition coefficient (Wildman–Crippen LogP) is 3.87. The van der Waals surface area contributed by atoms with Crippen molar-refractivity contribution in [1.82, 2.24) is 9.78 Å². The molecule has 1 saturated carbocycles. The summed E-state index contributed by atoms with van der Waals surface area (Å²) in [6.07, 6.45) is 3.63. The minimum atomic E-state index is -0.261. The van der Waals surface area contributed by atoms with Crippen molar-refractivity contribution in [2.75, 3.05) is 24.3 Å². The highest BCUT2D eigenvalue weighted by Crippen LogP contribution is 2.28. The molecule has 2 heterocycles. The molecule has 2 aliphatic rings. The second kappa shape index (κ2) is 8.33. The van der Waals surface area contributed by atoms with E-state index in [1.54, 1.807) is 12.1 Å². The molecule has 168 valence electrons. The minimum absolute atomic E-state index is 0.172. The van der Waals surface area contributed by atoms with E-state index in [1.165, 1.54) is 4.68 Å². The van der Waals surface area contributed by atoms with Gasteiger partial charge in [0.15, 0.2) is 0 Å². The maximum atomic E-state index is 13.0. The first kappa shape index (κ1) is 21.9. The molecule has 1 aliphatic carbocycles. The molecule has 1 unspecified atom stereocenters. The van der Waals surface area contributed by atoms with Gasteiger partial charge in [-0.3, -0.25) is 9.59 Å². The molecule has 8 nitrogen and oxygen atoms in total. The van der Waals surface area contributed by atoms with Crippen molar-refractivity contribution in [3.8, 4) is 0 Å². The Kier molecular flexibility index (Phi) is 5.71. The first-order valence-corrected chi connectivity index (χ1v) is 11.0. The van der Waals surface area contributed by atoms with Crippen molar-refractivity contribution >= 4 is 35.0 Å². The van der Waals surface area contributed by atoms with Crippen LogP contribution in [-0.2, 0) is 10.2 Å². The van der Waals surface area contributed by atoms with Crippen LogP contribution in [0.1, 0.15) is 62.5 Å². The van der Waals surface area contributed by atoms with E-state index in [0.29, 0.717) is 11.4 Å². The summed E-state index contributed by atoms with van der Waals surface area (Å²) >= 11 is 0. The molecule has 2 amide bonds. The number of hydrogen-bond acceptors (Lipinski definition) is 5. The molecule has 0 bridgehead atoms. The van der Waals surface area contributed by atoms with E-state index in [4.69, 9.17) is 0 Å². The fraction of sp³-hybridized carbons (Fsp3) is 0.458. The molecular weight excluding hydrogens is 404 g/mol. The van der Waals surface area contributed by atoms with Gasteiger partial charge in [0, 0.05) is 42.5 Å². The number of carbonyl (C=O) groups is 2. The molecule has 1 aliphatic heterocycles. The molecular formula is C24H30N6O2. The summed E-state index contributed by atoms with van der Waals surface area (Å²) in [5, 5.41) is 7.61. The number of benzene rings is 1. The Morgan fingerprint density at radius 1 is 1.12 bits per heavy atom. The van der Waals surface area contributed by atoms with Crippen molar-refractivity contribution in [1.29, 1.82) is 0 Å². The summed E-state index contributed by atoms with van der Waals surface area (Å²) in [5.74, 6) is 0.0222. The lowest BCUT2D eigenvalue weighted by molar-refractivity contribution is -0.120. The predicted molar refractivity (Wildman–Crippen MR) is 127 cm³/mol.